The van der Waals surface area contributed by atoms with E-state index in [0.29, 0.717) is 5.92 Å². The minimum Gasteiger partial charge on any atom is -0.299 e. The van der Waals surface area contributed by atoms with E-state index in [-0.39, 0.29) is 6.04 Å². The summed E-state index contributed by atoms with van der Waals surface area (Å²) in [6, 6.07) is 4.42. The van der Waals surface area contributed by atoms with Gasteiger partial charge in [0.05, 0.1) is 6.26 Å². The lowest BCUT2D eigenvalue weighted by molar-refractivity contribution is 0.164. The molecule has 0 bridgehead atoms. The Morgan fingerprint density at radius 1 is 1.30 bits per heavy atom. The van der Waals surface area contributed by atoms with E-state index in [9.17, 15) is 8.42 Å². The highest BCUT2D eigenvalue weighted by atomic mass is 32.2. The summed E-state index contributed by atoms with van der Waals surface area (Å²) < 4.78 is 24.8. The molecule has 0 amide bonds. The van der Waals surface area contributed by atoms with Gasteiger partial charge in [0.25, 0.3) is 0 Å². The second kappa shape index (κ2) is 7.73. The molecule has 130 valence electrons. The average Bonchev–Trinajstić information content (AvgIpc) is 2.48. The Morgan fingerprint density at radius 2 is 1.96 bits per heavy atom. The van der Waals surface area contributed by atoms with Crippen molar-refractivity contribution in [2.75, 3.05) is 26.4 Å². The molecule has 0 saturated carbocycles. The largest absolute Gasteiger partial charge is 0.299 e. The fourth-order valence-electron chi connectivity index (χ4n) is 3.06. The van der Waals surface area contributed by atoms with Crippen LogP contribution >= 0.6 is 0 Å². The van der Waals surface area contributed by atoms with E-state index in [4.69, 9.17) is 0 Å². The number of aromatic nitrogens is 1. The van der Waals surface area contributed by atoms with Gasteiger partial charge in [0.2, 0.25) is 10.0 Å². The summed E-state index contributed by atoms with van der Waals surface area (Å²) in [6.45, 7) is 7.15. The van der Waals surface area contributed by atoms with Crippen molar-refractivity contribution in [1.82, 2.24) is 14.2 Å². The van der Waals surface area contributed by atoms with E-state index in [2.05, 4.69) is 35.9 Å². The third kappa shape index (κ3) is 5.55. The lowest BCUT2D eigenvalue weighted by Crippen LogP contribution is -2.44. The predicted octanol–water partition coefficient (Wildman–Crippen LogP) is 2.14. The molecule has 0 radical (unpaired) electrons. The van der Waals surface area contributed by atoms with Crippen molar-refractivity contribution in [2.45, 2.75) is 45.7 Å². The van der Waals surface area contributed by atoms with E-state index in [0.717, 1.165) is 44.6 Å². The van der Waals surface area contributed by atoms with Crippen molar-refractivity contribution in [3.63, 3.8) is 0 Å². The summed E-state index contributed by atoms with van der Waals surface area (Å²) in [6.07, 6.45) is 6.06. The summed E-state index contributed by atoms with van der Waals surface area (Å²) >= 11 is 0. The highest BCUT2D eigenvalue weighted by Crippen LogP contribution is 2.19. The van der Waals surface area contributed by atoms with Gasteiger partial charge in [-0.15, -0.1) is 0 Å². The van der Waals surface area contributed by atoms with Crippen LogP contribution < -0.4 is 0 Å². The number of likely N-dealkylation sites (tertiary alicyclic amines) is 1. The summed E-state index contributed by atoms with van der Waals surface area (Å²) in [5.74, 6) is 0.624. The first kappa shape index (κ1) is 18.4. The molecule has 0 spiro atoms. The second-order valence-corrected chi connectivity index (χ2v) is 9.08. The summed E-state index contributed by atoms with van der Waals surface area (Å²) in [4.78, 5) is 6.93. The zero-order chi connectivity index (χ0) is 17.0. The molecule has 1 aliphatic rings. The lowest BCUT2D eigenvalue weighted by atomic mass is 10.0. The van der Waals surface area contributed by atoms with Crippen molar-refractivity contribution < 1.29 is 8.42 Å². The molecule has 1 aromatic heterocycles. The third-order valence-electron chi connectivity index (χ3n) is 4.50. The monoisotopic (exact) mass is 339 g/mol. The Morgan fingerprint density at radius 3 is 2.43 bits per heavy atom. The van der Waals surface area contributed by atoms with Crippen LogP contribution in [-0.4, -0.2) is 55.0 Å². The van der Waals surface area contributed by atoms with Crippen molar-refractivity contribution in [3.8, 4) is 0 Å². The third-order valence-corrected chi connectivity index (χ3v) is 5.85. The Labute approximate surface area is 140 Å². The Hall–Kier alpha value is -0.980. The fraction of sp³-hybridized carbons (Fsp3) is 0.706. The Kier molecular flexibility index (Phi) is 6.17. The van der Waals surface area contributed by atoms with E-state index in [1.165, 1.54) is 16.1 Å². The standard InChI is InChI=1S/C17H29N3O2S/c1-14(2)11-16-6-5-15(12-18-16)13-20-9-7-17(8-10-20)19(3)23(4,21)22/h5-6,12,14,17H,7-11,13H2,1-4H3. The Bertz CT molecular complexity index is 591. The maximum absolute atomic E-state index is 11.6. The van der Waals surface area contributed by atoms with Gasteiger partial charge in [0, 0.05) is 44.6 Å². The molecule has 1 aliphatic heterocycles. The van der Waals surface area contributed by atoms with Crippen LogP contribution in [0.15, 0.2) is 18.3 Å². The predicted molar refractivity (Wildman–Crippen MR) is 93.7 cm³/mol. The number of nitrogens with zero attached hydrogens (tertiary/aromatic N) is 3. The summed E-state index contributed by atoms with van der Waals surface area (Å²) in [7, 11) is -1.40. The van der Waals surface area contributed by atoms with E-state index in [1.54, 1.807) is 7.05 Å². The van der Waals surface area contributed by atoms with Crippen LogP contribution in [0.4, 0.5) is 0 Å². The molecule has 1 fully saturated rings. The fourth-order valence-corrected chi connectivity index (χ4v) is 3.81. The van der Waals surface area contributed by atoms with Gasteiger partial charge in [-0.3, -0.25) is 9.88 Å². The van der Waals surface area contributed by atoms with E-state index in [1.807, 2.05) is 6.20 Å². The van der Waals surface area contributed by atoms with E-state index >= 15 is 0 Å². The van der Waals surface area contributed by atoms with Crippen molar-refractivity contribution >= 4 is 10.0 Å². The molecule has 0 aromatic carbocycles. The van der Waals surface area contributed by atoms with Gasteiger partial charge in [-0.25, -0.2) is 12.7 Å². The van der Waals surface area contributed by atoms with Gasteiger partial charge >= 0.3 is 0 Å². The van der Waals surface area contributed by atoms with Gasteiger partial charge in [-0.05, 0) is 36.8 Å². The van der Waals surface area contributed by atoms with Crippen LogP contribution in [0.2, 0.25) is 0 Å². The first-order valence-electron chi connectivity index (χ1n) is 8.35. The number of rotatable bonds is 6. The quantitative estimate of drug-likeness (QED) is 0.797. The summed E-state index contributed by atoms with van der Waals surface area (Å²) in [5, 5.41) is 0. The number of hydrogen-bond donors (Lipinski definition) is 0. The van der Waals surface area contributed by atoms with Crippen LogP contribution in [0.25, 0.3) is 0 Å². The van der Waals surface area contributed by atoms with Crippen molar-refractivity contribution in [3.05, 3.63) is 29.6 Å². The zero-order valence-corrected chi connectivity index (χ0v) is 15.5. The van der Waals surface area contributed by atoms with Crippen LogP contribution in [0.1, 0.15) is 37.9 Å². The molecule has 23 heavy (non-hydrogen) atoms. The van der Waals surface area contributed by atoms with Crippen LogP contribution in [-0.2, 0) is 23.0 Å². The Balaban J connectivity index is 1.84. The topological polar surface area (TPSA) is 53.5 Å². The molecule has 5 nitrogen and oxygen atoms in total. The van der Waals surface area contributed by atoms with Gasteiger partial charge in [0.15, 0.2) is 0 Å². The summed E-state index contributed by atoms with van der Waals surface area (Å²) in [5.41, 5.74) is 2.38. The minimum absolute atomic E-state index is 0.132. The number of piperidine rings is 1. The zero-order valence-electron chi connectivity index (χ0n) is 14.7. The molecule has 1 aromatic rings. The molecular formula is C17H29N3O2S. The maximum atomic E-state index is 11.6. The SMILES string of the molecule is CC(C)Cc1ccc(CN2CCC(N(C)S(C)(=O)=O)CC2)cn1. The highest BCUT2D eigenvalue weighted by molar-refractivity contribution is 7.88. The molecule has 6 heteroatoms. The maximum Gasteiger partial charge on any atom is 0.211 e. The van der Waals surface area contributed by atoms with Crippen LogP contribution in [0, 0.1) is 5.92 Å². The van der Waals surface area contributed by atoms with Crippen LogP contribution in [0.3, 0.4) is 0 Å². The molecule has 2 heterocycles. The van der Waals surface area contributed by atoms with Gasteiger partial charge in [-0.2, -0.15) is 0 Å². The number of sulfonamides is 1. The van der Waals surface area contributed by atoms with Gasteiger partial charge < -0.3 is 0 Å². The molecule has 0 aliphatic carbocycles. The number of hydrogen-bond acceptors (Lipinski definition) is 4. The molecule has 2 rings (SSSR count). The smallest absolute Gasteiger partial charge is 0.211 e. The van der Waals surface area contributed by atoms with Gasteiger partial charge in [-0.1, -0.05) is 19.9 Å². The van der Waals surface area contributed by atoms with Crippen molar-refractivity contribution in [2.24, 2.45) is 5.92 Å². The number of pyridine rings is 1. The molecule has 0 unspecified atom stereocenters. The molecular weight excluding hydrogens is 310 g/mol. The lowest BCUT2D eigenvalue weighted by Gasteiger charge is -2.35. The highest BCUT2D eigenvalue weighted by Gasteiger charge is 2.27. The normalized spacial score (nSPS) is 18.0. The first-order chi connectivity index (χ1) is 10.8. The second-order valence-electron chi connectivity index (χ2n) is 7.04. The average molecular weight is 340 g/mol. The first-order valence-corrected chi connectivity index (χ1v) is 10.2. The van der Waals surface area contributed by atoms with Gasteiger partial charge in [0.1, 0.15) is 0 Å². The van der Waals surface area contributed by atoms with Crippen molar-refractivity contribution in [1.29, 1.82) is 0 Å². The van der Waals surface area contributed by atoms with Crippen LogP contribution in [0.5, 0.6) is 0 Å². The minimum atomic E-state index is -3.09. The molecule has 0 N–H and O–H groups in total. The molecule has 0 atom stereocenters. The molecule has 1 saturated heterocycles. The van der Waals surface area contributed by atoms with E-state index < -0.39 is 10.0 Å².